The van der Waals surface area contributed by atoms with E-state index < -0.39 is 0 Å². The number of hydrogen-bond acceptors (Lipinski definition) is 2. The highest BCUT2D eigenvalue weighted by atomic mass is 15.3. The van der Waals surface area contributed by atoms with Crippen molar-refractivity contribution in [3.63, 3.8) is 0 Å². The maximum Gasteiger partial charge on any atom is 0.0226 e. The standard InChI is InChI=1S/C15H30N2/c1-5-12(4)17-10-15(13-6-7-13)16-9-14(17)8-11(2)3/h11-16H,5-10H2,1-4H3. The van der Waals surface area contributed by atoms with E-state index in [1.54, 1.807) is 0 Å². The number of hydrogen-bond donors (Lipinski definition) is 1. The van der Waals surface area contributed by atoms with Crippen molar-refractivity contribution in [2.75, 3.05) is 13.1 Å². The van der Waals surface area contributed by atoms with E-state index in [0.29, 0.717) is 0 Å². The van der Waals surface area contributed by atoms with Gasteiger partial charge in [0.15, 0.2) is 0 Å². The predicted octanol–water partition coefficient (Wildman–Crippen LogP) is 2.88. The zero-order valence-electron chi connectivity index (χ0n) is 12.1. The summed E-state index contributed by atoms with van der Waals surface area (Å²) in [6.45, 7) is 11.9. The average Bonchev–Trinajstić information content (AvgIpc) is 3.12. The lowest BCUT2D eigenvalue weighted by Crippen LogP contribution is -2.59. The number of rotatable bonds is 5. The summed E-state index contributed by atoms with van der Waals surface area (Å²) in [5.41, 5.74) is 0. The van der Waals surface area contributed by atoms with E-state index in [1.165, 1.54) is 38.8 Å². The lowest BCUT2D eigenvalue weighted by molar-refractivity contribution is 0.0691. The average molecular weight is 238 g/mol. The molecule has 2 heteroatoms. The quantitative estimate of drug-likeness (QED) is 0.792. The van der Waals surface area contributed by atoms with Crippen LogP contribution in [0.3, 0.4) is 0 Å². The Morgan fingerprint density at radius 1 is 1.24 bits per heavy atom. The fourth-order valence-corrected chi connectivity index (χ4v) is 3.20. The molecule has 0 radical (unpaired) electrons. The number of piperazine rings is 1. The zero-order valence-corrected chi connectivity index (χ0v) is 12.1. The van der Waals surface area contributed by atoms with Crippen LogP contribution < -0.4 is 5.32 Å². The molecule has 3 atom stereocenters. The molecule has 1 N–H and O–H groups in total. The third-order valence-electron chi connectivity index (χ3n) is 4.58. The SMILES string of the molecule is CCC(C)N1CC(C2CC2)NCC1CC(C)C. The second-order valence-corrected chi connectivity index (χ2v) is 6.59. The van der Waals surface area contributed by atoms with Gasteiger partial charge in [0.25, 0.3) is 0 Å². The van der Waals surface area contributed by atoms with Crippen LogP contribution in [0.2, 0.25) is 0 Å². The van der Waals surface area contributed by atoms with Crippen molar-refractivity contribution >= 4 is 0 Å². The molecule has 2 rings (SSSR count). The Bertz CT molecular complexity index is 235. The van der Waals surface area contributed by atoms with Crippen molar-refractivity contribution in [1.82, 2.24) is 10.2 Å². The van der Waals surface area contributed by atoms with Crippen LogP contribution in [-0.4, -0.2) is 36.1 Å². The molecule has 3 unspecified atom stereocenters. The van der Waals surface area contributed by atoms with E-state index >= 15 is 0 Å². The van der Waals surface area contributed by atoms with Gasteiger partial charge >= 0.3 is 0 Å². The Labute approximate surface area is 107 Å². The molecule has 1 heterocycles. The van der Waals surface area contributed by atoms with E-state index in [0.717, 1.165) is 30.0 Å². The van der Waals surface area contributed by atoms with Crippen LogP contribution in [0.15, 0.2) is 0 Å². The second kappa shape index (κ2) is 5.71. The molecule has 2 fully saturated rings. The van der Waals surface area contributed by atoms with Crippen LogP contribution in [-0.2, 0) is 0 Å². The van der Waals surface area contributed by atoms with Crippen molar-refractivity contribution in [2.45, 2.75) is 71.5 Å². The summed E-state index contributed by atoms with van der Waals surface area (Å²) in [5.74, 6) is 1.80. The maximum atomic E-state index is 3.80. The van der Waals surface area contributed by atoms with Crippen molar-refractivity contribution in [1.29, 1.82) is 0 Å². The predicted molar refractivity (Wildman–Crippen MR) is 74.2 cm³/mol. The van der Waals surface area contributed by atoms with Crippen LogP contribution in [0, 0.1) is 11.8 Å². The minimum Gasteiger partial charge on any atom is -0.311 e. The van der Waals surface area contributed by atoms with Crippen LogP contribution in [0.4, 0.5) is 0 Å². The Morgan fingerprint density at radius 2 is 1.94 bits per heavy atom. The van der Waals surface area contributed by atoms with Gasteiger partial charge in [-0.15, -0.1) is 0 Å². The van der Waals surface area contributed by atoms with E-state index in [2.05, 4.69) is 37.9 Å². The monoisotopic (exact) mass is 238 g/mol. The summed E-state index contributed by atoms with van der Waals surface area (Å²) in [6, 6.07) is 2.30. The van der Waals surface area contributed by atoms with Gasteiger partial charge in [-0.25, -0.2) is 0 Å². The second-order valence-electron chi connectivity index (χ2n) is 6.59. The molecule has 0 spiro atoms. The molecule has 17 heavy (non-hydrogen) atoms. The summed E-state index contributed by atoms with van der Waals surface area (Å²) in [7, 11) is 0. The number of nitrogens with zero attached hydrogens (tertiary/aromatic N) is 1. The molecule has 0 aromatic rings. The van der Waals surface area contributed by atoms with E-state index in [-0.39, 0.29) is 0 Å². The molecule has 1 aliphatic carbocycles. The van der Waals surface area contributed by atoms with Gasteiger partial charge in [-0.3, -0.25) is 4.90 Å². The fourth-order valence-electron chi connectivity index (χ4n) is 3.20. The van der Waals surface area contributed by atoms with Crippen molar-refractivity contribution < 1.29 is 0 Å². The molecule has 0 aromatic heterocycles. The minimum absolute atomic E-state index is 0.752. The molecule has 1 saturated carbocycles. The first-order chi connectivity index (χ1) is 8.11. The molecule has 0 aromatic carbocycles. The van der Waals surface area contributed by atoms with Crippen LogP contribution >= 0.6 is 0 Å². The zero-order chi connectivity index (χ0) is 12.4. The highest BCUT2D eigenvalue weighted by Crippen LogP contribution is 2.35. The summed E-state index contributed by atoms with van der Waals surface area (Å²) >= 11 is 0. The molecule has 0 amide bonds. The largest absolute Gasteiger partial charge is 0.311 e. The van der Waals surface area contributed by atoms with Gasteiger partial charge in [0, 0.05) is 31.2 Å². The molecule has 100 valence electrons. The van der Waals surface area contributed by atoms with Crippen molar-refractivity contribution in [2.24, 2.45) is 11.8 Å². The van der Waals surface area contributed by atoms with Crippen LogP contribution in [0.25, 0.3) is 0 Å². The smallest absolute Gasteiger partial charge is 0.0226 e. The van der Waals surface area contributed by atoms with Gasteiger partial charge in [0.2, 0.25) is 0 Å². The van der Waals surface area contributed by atoms with Gasteiger partial charge in [-0.05, 0) is 44.4 Å². The Hall–Kier alpha value is -0.0800. The summed E-state index contributed by atoms with van der Waals surface area (Å²) in [5, 5.41) is 3.80. The first-order valence-electron chi connectivity index (χ1n) is 7.61. The van der Waals surface area contributed by atoms with Gasteiger partial charge in [-0.1, -0.05) is 20.8 Å². The third kappa shape index (κ3) is 3.45. The van der Waals surface area contributed by atoms with Crippen LogP contribution in [0.5, 0.6) is 0 Å². The van der Waals surface area contributed by atoms with Gasteiger partial charge < -0.3 is 5.32 Å². The van der Waals surface area contributed by atoms with Crippen molar-refractivity contribution in [3.8, 4) is 0 Å². The molecule has 2 nitrogen and oxygen atoms in total. The van der Waals surface area contributed by atoms with Gasteiger partial charge in [0.1, 0.15) is 0 Å². The van der Waals surface area contributed by atoms with Crippen LogP contribution in [0.1, 0.15) is 53.4 Å². The summed E-state index contributed by atoms with van der Waals surface area (Å²) in [6.07, 6.45) is 5.54. The van der Waals surface area contributed by atoms with Gasteiger partial charge in [0.05, 0.1) is 0 Å². The summed E-state index contributed by atoms with van der Waals surface area (Å²) in [4.78, 5) is 2.79. The molecule has 1 saturated heterocycles. The highest BCUT2D eigenvalue weighted by Gasteiger charge is 2.38. The van der Waals surface area contributed by atoms with E-state index in [4.69, 9.17) is 0 Å². The molecule has 1 aliphatic heterocycles. The first-order valence-corrected chi connectivity index (χ1v) is 7.61. The Kier molecular flexibility index (Phi) is 4.48. The molecule has 0 bridgehead atoms. The highest BCUT2D eigenvalue weighted by molar-refractivity contribution is 4.95. The molecular formula is C15H30N2. The number of nitrogens with one attached hydrogen (secondary N) is 1. The third-order valence-corrected chi connectivity index (χ3v) is 4.58. The summed E-state index contributed by atoms with van der Waals surface area (Å²) < 4.78 is 0. The van der Waals surface area contributed by atoms with Crippen molar-refractivity contribution in [3.05, 3.63) is 0 Å². The molecule has 2 aliphatic rings. The minimum atomic E-state index is 0.752. The lowest BCUT2D eigenvalue weighted by Gasteiger charge is -2.44. The maximum absolute atomic E-state index is 3.80. The molecular weight excluding hydrogens is 208 g/mol. The Morgan fingerprint density at radius 3 is 2.47 bits per heavy atom. The van der Waals surface area contributed by atoms with Gasteiger partial charge in [-0.2, -0.15) is 0 Å². The lowest BCUT2D eigenvalue weighted by atomic mass is 9.95. The first kappa shape index (κ1) is 13.4. The van der Waals surface area contributed by atoms with E-state index in [9.17, 15) is 0 Å². The Balaban J connectivity index is 1.95. The fraction of sp³-hybridized carbons (Fsp3) is 1.00. The topological polar surface area (TPSA) is 15.3 Å². The van der Waals surface area contributed by atoms with E-state index in [1.807, 2.05) is 0 Å². The normalized spacial score (nSPS) is 33.0.